The number of nitrogens with zero attached hydrogens (tertiary/aromatic N) is 4. The minimum Gasteiger partial charge on any atom is -0.382 e. The molecule has 3 rings (SSSR count). The number of benzene rings is 2. The van der Waals surface area contributed by atoms with E-state index in [-0.39, 0.29) is 11.6 Å². The zero-order chi connectivity index (χ0) is 22.1. The largest absolute Gasteiger partial charge is 0.382 e. The minimum absolute atomic E-state index is 0.00372. The predicted molar refractivity (Wildman–Crippen MR) is 123 cm³/mol. The number of carbonyl (C=O) groups excluding carboxylic acids is 1. The summed E-state index contributed by atoms with van der Waals surface area (Å²) in [5.74, 6) is -0.410. The summed E-state index contributed by atoms with van der Waals surface area (Å²) in [5, 5.41) is 19.9. The molecule has 0 aromatic heterocycles. The first kappa shape index (κ1) is 21.7. The molecule has 4 N–H and O–H groups in total. The molecule has 0 spiro atoms. The summed E-state index contributed by atoms with van der Waals surface area (Å²) in [7, 11) is 0. The van der Waals surface area contributed by atoms with Gasteiger partial charge in [-0.25, -0.2) is 0 Å². The van der Waals surface area contributed by atoms with Gasteiger partial charge in [-0.3, -0.25) is 20.5 Å². The normalized spacial score (nSPS) is 14.9. The summed E-state index contributed by atoms with van der Waals surface area (Å²) < 4.78 is 0. The molecule has 31 heavy (non-hydrogen) atoms. The van der Waals surface area contributed by atoms with E-state index in [4.69, 9.17) is 16.4 Å². The molecule has 0 saturated carbocycles. The average molecular weight is 416 g/mol. The molecule has 2 aromatic carbocycles. The van der Waals surface area contributed by atoms with Gasteiger partial charge in [0.25, 0.3) is 5.91 Å². The standard InChI is InChI=1S/C23H25N7O/c24-17-21(22(25)26)28-27-20-10-8-19(9-11-20)23(31)30-15-13-29(14-16-30)12-4-7-18-5-2-1-3-6-18/h1-11,27H,12-16H2,(H3,25,26)/b7-4?,28-21+. The number of piperazine rings is 1. The van der Waals surface area contributed by atoms with Crippen LogP contribution in [0.2, 0.25) is 0 Å². The lowest BCUT2D eigenvalue weighted by atomic mass is 10.1. The van der Waals surface area contributed by atoms with Crippen LogP contribution in [0.5, 0.6) is 0 Å². The Kier molecular flexibility index (Phi) is 7.51. The van der Waals surface area contributed by atoms with Crippen molar-refractivity contribution in [1.29, 1.82) is 10.7 Å². The number of nitrogens with one attached hydrogen (secondary N) is 2. The number of nitrogens with two attached hydrogens (primary N) is 1. The molecular weight excluding hydrogens is 390 g/mol. The number of rotatable bonds is 7. The van der Waals surface area contributed by atoms with Crippen LogP contribution < -0.4 is 11.2 Å². The lowest BCUT2D eigenvalue weighted by Crippen LogP contribution is -2.48. The maximum atomic E-state index is 12.8. The number of carbonyl (C=O) groups is 1. The molecule has 1 amide bonds. The molecule has 1 heterocycles. The lowest BCUT2D eigenvalue weighted by molar-refractivity contribution is 0.0650. The van der Waals surface area contributed by atoms with Crippen LogP contribution in [0.25, 0.3) is 6.08 Å². The fraction of sp³-hybridized carbons (Fsp3) is 0.217. The van der Waals surface area contributed by atoms with Gasteiger partial charge in [0.15, 0.2) is 5.84 Å². The smallest absolute Gasteiger partial charge is 0.253 e. The first-order chi connectivity index (χ1) is 15.1. The van der Waals surface area contributed by atoms with Gasteiger partial charge < -0.3 is 10.6 Å². The van der Waals surface area contributed by atoms with Gasteiger partial charge in [0.2, 0.25) is 5.71 Å². The summed E-state index contributed by atoms with van der Waals surface area (Å²) in [6.07, 6.45) is 4.28. The second kappa shape index (κ2) is 10.7. The van der Waals surface area contributed by atoms with Gasteiger partial charge in [-0.2, -0.15) is 10.4 Å². The zero-order valence-corrected chi connectivity index (χ0v) is 17.2. The Balaban J connectivity index is 1.48. The number of amidine groups is 1. The number of amides is 1. The van der Waals surface area contributed by atoms with E-state index >= 15 is 0 Å². The van der Waals surface area contributed by atoms with Crippen LogP contribution >= 0.6 is 0 Å². The molecule has 1 saturated heterocycles. The van der Waals surface area contributed by atoms with Crippen molar-refractivity contribution in [3.8, 4) is 6.07 Å². The van der Waals surface area contributed by atoms with Crippen molar-refractivity contribution in [1.82, 2.24) is 9.80 Å². The van der Waals surface area contributed by atoms with Crippen molar-refractivity contribution in [2.24, 2.45) is 10.8 Å². The number of nitriles is 1. The third kappa shape index (κ3) is 6.26. The molecule has 0 aliphatic carbocycles. The summed E-state index contributed by atoms with van der Waals surface area (Å²) in [6.45, 7) is 3.91. The van der Waals surface area contributed by atoms with Crippen LogP contribution in [-0.4, -0.2) is 60.0 Å². The van der Waals surface area contributed by atoms with Crippen LogP contribution in [0, 0.1) is 16.7 Å². The van der Waals surface area contributed by atoms with Gasteiger partial charge in [-0.15, -0.1) is 0 Å². The van der Waals surface area contributed by atoms with Gasteiger partial charge in [0.05, 0.1) is 5.69 Å². The third-order valence-corrected chi connectivity index (χ3v) is 4.92. The molecule has 1 aliphatic rings. The maximum Gasteiger partial charge on any atom is 0.253 e. The Hall–Kier alpha value is -3.96. The van der Waals surface area contributed by atoms with Crippen LogP contribution in [0.1, 0.15) is 15.9 Å². The van der Waals surface area contributed by atoms with Crippen molar-refractivity contribution in [3.05, 3.63) is 71.8 Å². The summed E-state index contributed by atoms with van der Waals surface area (Å²) in [4.78, 5) is 17.0. The summed E-state index contributed by atoms with van der Waals surface area (Å²) >= 11 is 0. The average Bonchev–Trinajstić information content (AvgIpc) is 2.80. The lowest BCUT2D eigenvalue weighted by Gasteiger charge is -2.34. The number of hydrogen-bond acceptors (Lipinski definition) is 6. The van der Waals surface area contributed by atoms with E-state index in [0.29, 0.717) is 24.3 Å². The van der Waals surface area contributed by atoms with Crippen LogP contribution in [-0.2, 0) is 0 Å². The Labute approximate surface area is 181 Å². The minimum atomic E-state index is -0.406. The monoisotopic (exact) mass is 415 g/mol. The maximum absolute atomic E-state index is 12.8. The SMILES string of the molecule is N#C/C(=N\Nc1ccc(C(=O)N2CCN(CC=Cc3ccccc3)CC2)cc1)C(=N)N. The molecule has 0 atom stereocenters. The van der Waals surface area contributed by atoms with Gasteiger partial charge in [0, 0.05) is 38.3 Å². The predicted octanol–water partition coefficient (Wildman–Crippen LogP) is 2.39. The van der Waals surface area contributed by atoms with E-state index in [1.807, 2.05) is 23.1 Å². The molecule has 8 heteroatoms. The van der Waals surface area contributed by atoms with E-state index in [1.165, 1.54) is 5.56 Å². The van der Waals surface area contributed by atoms with E-state index in [1.54, 1.807) is 30.3 Å². The number of anilines is 1. The van der Waals surface area contributed by atoms with E-state index in [9.17, 15) is 4.79 Å². The molecule has 0 radical (unpaired) electrons. The molecule has 0 unspecified atom stereocenters. The van der Waals surface area contributed by atoms with Gasteiger partial charge in [0.1, 0.15) is 6.07 Å². The third-order valence-electron chi connectivity index (χ3n) is 4.92. The highest BCUT2D eigenvalue weighted by Crippen LogP contribution is 2.13. The fourth-order valence-electron chi connectivity index (χ4n) is 3.17. The van der Waals surface area contributed by atoms with Crippen molar-refractivity contribution in [2.45, 2.75) is 0 Å². The zero-order valence-electron chi connectivity index (χ0n) is 17.2. The highest BCUT2D eigenvalue weighted by molar-refractivity contribution is 6.45. The topological polar surface area (TPSA) is 122 Å². The molecule has 1 fully saturated rings. The first-order valence-electron chi connectivity index (χ1n) is 9.98. The van der Waals surface area contributed by atoms with Crippen LogP contribution in [0.4, 0.5) is 5.69 Å². The summed E-state index contributed by atoms with van der Waals surface area (Å²) in [5.41, 5.74) is 10.1. The van der Waals surface area contributed by atoms with E-state index in [0.717, 1.165) is 19.6 Å². The highest BCUT2D eigenvalue weighted by atomic mass is 16.2. The second-order valence-electron chi connectivity index (χ2n) is 7.08. The van der Waals surface area contributed by atoms with E-state index in [2.05, 4.69) is 39.7 Å². The van der Waals surface area contributed by atoms with Crippen molar-refractivity contribution < 1.29 is 4.79 Å². The fourth-order valence-corrected chi connectivity index (χ4v) is 3.17. The first-order valence-corrected chi connectivity index (χ1v) is 9.98. The number of hydrazone groups is 1. The Morgan fingerprint density at radius 1 is 1.13 bits per heavy atom. The van der Waals surface area contributed by atoms with Crippen molar-refractivity contribution in [2.75, 3.05) is 38.1 Å². The Morgan fingerprint density at radius 2 is 1.81 bits per heavy atom. The molecule has 1 aliphatic heterocycles. The van der Waals surface area contributed by atoms with E-state index < -0.39 is 5.84 Å². The second-order valence-corrected chi connectivity index (χ2v) is 7.08. The molecule has 0 bridgehead atoms. The van der Waals surface area contributed by atoms with Crippen molar-refractivity contribution >= 4 is 29.2 Å². The molecule has 2 aromatic rings. The molecule has 158 valence electrons. The molecular formula is C23H25N7O. The van der Waals surface area contributed by atoms with Gasteiger partial charge >= 0.3 is 0 Å². The van der Waals surface area contributed by atoms with Crippen LogP contribution in [0.15, 0.2) is 65.8 Å². The van der Waals surface area contributed by atoms with Crippen molar-refractivity contribution in [3.63, 3.8) is 0 Å². The quantitative estimate of drug-likeness (QED) is 0.364. The van der Waals surface area contributed by atoms with Crippen LogP contribution in [0.3, 0.4) is 0 Å². The van der Waals surface area contributed by atoms with Gasteiger partial charge in [-0.1, -0.05) is 42.5 Å². The van der Waals surface area contributed by atoms with Gasteiger partial charge in [-0.05, 0) is 29.8 Å². The Morgan fingerprint density at radius 3 is 2.42 bits per heavy atom. The number of hydrogen-bond donors (Lipinski definition) is 3. The highest BCUT2D eigenvalue weighted by Gasteiger charge is 2.21. The molecule has 8 nitrogen and oxygen atoms in total. The summed E-state index contributed by atoms with van der Waals surface area (Å²) in [6, 6.07) is 18.8. The Bertz CT molecular complexity index is 998.